The van der Waals surface area contributed by atoms with Gasteiger partial charge in [-0.1, -0.05) is 11.6 Å². The maximum absolute atomic E-state index is 11.5. The molecule has 0 atom stereocenters. The van der Waals surface area contributed by atoms with Gasteiger partial charge in [-0.3, -0.25) is 4.79 Å². The van der Waals surface area contributed by atoms with Crippen molar-refractivity contribution in [2.75, 3.05) is 5.32 Å². The molecular formula is C10H14ClN3O. The summed E-state index contributed by atoms with van der Waals surface area (Å²) in [7, 11) is 0. The maximum atomic E-state index is 11.5. The number of carbonyl (C=O) groups is 1. The number of anilines is 1. The van der Waals surface area contributed by atoms with E-state index < -0.39 is 5.54 Å². The Morgan fingerprint density at radius 2 is 2.20 bits per heavy atom. The minimum atomic E-state index is -0.909. The largest absolute Gasteiger partial charge is 0.323 e. The molecule has 1 aromatic heterocycles. The number of halogens is 1. The van der Waals surface area contributed by atoms with E-state index in [-0.39, 0.29) is 5.91 Å². The Hall–Kier alpha value is -1.13. The first-order chi connectivity index (χ1) is 6.80. The molecule has 15 heavy (non-hydrogen) atoms. The van der Waals surface area contributed by atoms with Crippen molar-refractivity contribution in [1.29, 1.82) is 0 Å². The Morgan fingerprint density at radius 1 is 1.60 bits per heavy atom. The Balaban J connectivity index is 2.83. The van der Waals surface area contributed by atoms with Crippen molar-refractivity contribution in [3.8, 4) is 0 Å². The molecule has 0 unspecified atom stereocenters. The summed E-state index contributed by atoms with van der Waals surface area (Å²) >= 11 is 5.76. The second kappa shape index (κ2) is 4.16. The van der Waals surface area contributed by atoms with Crippen molar-refractivity contribution in [2.45, 2.75) is 26.3 Å². The lowest BCUT2D eigenvalue weighted by Gasteiger charge is -2.17. The molecule has 1 aromatic rings. The second-order valence-electron chi connectivity index (χ2n) is 4.01. The second-order valence-corrected chi connectivity index (χ2v) is 4.37. The zero-order valence-electron chi connectivity index (χ0n) is 8.97. The molecule has 0 aromatic carbocycles. The number of nitrogens with one attached hydrogen (secondary N) is 1. The van der Waals surface area contributed by atoms with Crippen molar-refractivity contribution < 1.29 is 4.79 Å². The third-order valence-electron chi connectivity index (χ3n) is 1.86. The highest BCUT2D eigenvalue weighted by atomic mass is 35.5. The quantitative estimate of drug-likeness (QED) is 0.756. The molecule has 0 bridgehead atoms. The van der Waals surface area contributed by atoms with Crippen molar-refractivity contribution in [3.05, 3.63) is 23.0 Å². The fourth-order valence-corrected chi connectivity index (χ4v) is 1.02. The SMILES string of the molecule is Cc1cc(NC(=O)C(C)(C)N)cnc1Cl. The third kappa shape index (κ3) is 3.18. The van der Waals surface area contributed by atoms with Gasteiger partial charge >= 0.3 is 0 Å². The van der Waals surface area contributed by atoms with Crippen LogP contribution in [0.2, 0.25) is 5.15 Å². The van der Waals surface area contributed by atoms with Crippen molar-refractivity contribution in [2.24, 2.45) is 5.73 Å². The molecule has 82 valence electrons. The first-order valence-electron chi connectivity index (χ1n) is 4.53. The van der Waals surface area contributed by atoms with Crippen LogP contribution in [0.5, 0.6) is 0 Å². The van der Waals surface area contributed by atoms with Crippen LogP contribution in [0.4, 0.5) is 5.69 Å². The van der Waals surface area contributed by atoms with Crippen molar-refractivity contribution >= 4 is 23.2 Å². The molecule has 0 saturated heterocycles. The van der Waals surface area contributed by atoms with E-state index in [1.54, 1.807) is 19.9 Å². The molecule has 0 saturated carbocycles. The molecule has 0 spiro atoms. The molecule has 4 nitrogen and oxygen atoms in total. The number of nitrogens with two attached hydrogens (primary N) is 1. The molecule has 0 aliphatic rings. The fourth-order valence-electron chi connectivity index (χ4n) is 0.919. The van der Waals surface area contributed by atoms with Gasteiger partial charge in [0.2, 0.25) is 5.91 Å². The Labute approximate surface area is 93.8 Å². The number of aryl methyl sites for hydroxylation is 1. The Kier molecular flexibility index (Phi) is 3.31. The van der Waals surface area contributed by atoms with Crippen LogP contribution in [-0.4, -0.2) is 16.4 Å². The lowest BCUT2D eigenvalue weighted by atomic mass is 10.1. The first kappa shape index (κ1) is 11.9. The number of carbonyl (C=O) groups excluding carboxylic acids is 1. The van der Waals surface area contributed by atoms with E-state index in [0.717, 1.165) is 5.56 Å². The van der Waals surface area contributed by atoms with Gasteiger partial charge in [0.05, 0.1) is 17.4 Å². The van der Waals surface area contributed by atoms with Crippen LogP contribution in [-0.2, 0) is 4.79 Å². The average Bonchev–Trinajstić information content (AvgIpc) is 2.10. The molecule has 3 N–H and O–H groups in total. The van der Waals surface area contributed by atoms with E-state index in [0.29, 0.717) is 10.8 Å². The summed E-state index contributed by atoms with van der Waals surface area (Å²) in [4.78, 5) is 15.5. The number of hydrogen-bond donors (Lipinski definition) is 2. The number of aromatic nitrogens is 1. The van der Waals surface area contributed by atoms with Crippen molar-refractivity contribution in [1.82, 2.24) is 4.98 Å². The summed E-state index contributed by atoms with van der Waals surface area (Å²) in [6.45, 7) is 5.09. The van der Waals surface area contributed by atoms with Crippen LogP contribution in [0.25, 0.3) is 0 Å². The normalized spacial score (nSPS) is 11.3. The zero-order chi connectivity index (χ0) is 11.6. The van der Waals surface area contributed by atoms with Gasteiger partial charge in [0, 0.05) is 0 Å². The predicted octanol–water partition coefficient (Wildman–Crippen LogP) is 1.72. The number of amides is 1. The highest BCUT2D eigenvalue weighted by molar-refractivity contribution is 6.30. The highest BCUT2D eigenvalue weighted by Crippen LogP contribution is 2.16. The van der Waals surface area contributed by atoms with Gasteiger partial charge in [0.15, 0.2) is 0 Å². The van der Waals surface area contributed by atoms with Crippen molar-refractivity contribution in [3.63, 3.8) is 0 Å². The minimum absolute atomic E-state index is 0.258. The summed E-state index contributed by atoms with van der Waals surface area (Å²) in [5, 5.41) is 3.10. The van der Waals surface area contributed by atoms with Crippen LogP contribution >= 0.6 is 11.6 Å². The summed E-state index contributed by atoms with van der Waals surface area (Å²) in [6, 6.07) is 1.75. The van der Waals surface area contributed by atoms with Crippen LogP contribution in [0.3, 0.4) is 0 Å². The van der Waals surface area contributed by atoms with E-state index in [4.69, 9.17) is 17.3 Å². The Bertz CT molecular complexity index is 385. The van der Waals surface area contributed by atoms with E-state index >= 15 is 0 Å². The van der Waals surface area contributed by atoms with Gasteiger partial charge < -0.3 is 11.1 Å². The molecule has 0 aliphatic heterocycles. The monoisotopic (exact) mass is 227 g/mol. The van der Waals surface area contributed by atoms with Crippen LogP contribution in [0.1, 0.15) is 19.4 Å². The van der Waals surface area contributed by atoms with Gasteiger partial charge in [-0.05, 0) is 32.4 Å². The van der Waals surface area contributed by atoms with E-state index in [1.807, 2.05) is 6.92 Å². The zero-order valence-corrected chi connectivity index (χ0v) is 9.72. The smallest absolute Gasteiger partial charge is 0.243 e. The Morgan fingerprint density at radius 3 is 2.67 bits per heavy atom. The summed E-state index contributed by atoms with van der Waals surface area (Å²) in [5.74, 6) is -0.258. The molecule has 0 radical (unpaired) electrons. The molecule has 1 heterocycles. The van der Waals surface area contributed by atoms with Gasteiger partial charge in [0.1, 0.15) is 5.15 Å². The van der Waals surface area contributed by atoms with Gasteiger partial charge in [-0.15, -0.1) is 0 Å². The third-order valence-corrected chi connectivity index (χ3v) is 2.25. The lowest BCUT2D eigenvalue weighted by Crippen LogP contribution is -2.45. The van der Waals surface area contributed by atoms with Gasteiger partial charge in [-0.25, -0.2) is 4.98 Å². The molecule has 5 heteroatoms. The standard InChI is InChI=1S/C10H14ClN3O/c1-6-4-7(5-13-8(6)11)14-9(15)10(2,3)12/h4-5H,12H2,1-3H3,(H,14,15). The minimum Gasteiger partial charge on any atom is -0.323 e. The molecular weight excluding hydrogens is 214 g/mol. The lowest BCUT2D eigenvalue weighted by molar-refractivity contribution is -0.120. The highest BCUT2D eigenvalue weighted by Gasteiger charge is 2.21. The summed E-state index contributed by atoms with van der Waals surface area (Å²) < 4.78 is 0. The number of rotatable bonds is 2. The predicted molar refractivity (Wildman–Crippen MR) is 60.9 cm³/mol. The first-order valence-corrected chi connectivity index (χ1v) is 4.91. The topological polar surface area (TPSA) is 68.0 Å². The summed E-state index contributed by atoms with van der Waals surface area (Å²) in [5.41, 5.74) is 6.13. The number of pyridine rings is 1. The van der Waals surface area contributed by atoms with Crippen LogP contribution in [0.15, 0.2) is 12.3 Å². The van der Waals surface area contributed by atoms with Gasteiger partial charge in [0.25, 0.3) is 0 Å². The molecule has 0 fully saturated rings. The van der Waals surface area contributed by atoms with Crippen LogP contribution < -0.4 is 11.1 Å². The van der Waals surface area contributed by atoms with E-state index in [2.05, 4.69) is 10.3 Å². The maximum Gasteiger partial charge on any atom is 0.243 e. The number of hydrogen-bond acceptors (Lipinski definition) is 3. The number of nitrogens with zero attached hydrogens (tertiary/aromatic N) is 1. The fraction of sp³-hybridized carbons (Fsp3) is 0.400. The average molecular weight is 228 g/mol. The molecule has 1 rings (SSSR count). The van der Waals surface area contributed by atoms with Gasteiger partial charge in [-0.2, -0.15) is 0 Å². The molecule has 1 amide bonds. The van der Waals surface area contributed by atoms with E-state index in [9.17, 15) is 4.79 Å². The molecule has 0 aliphatic carbocycles. The van der Waals surface area contributed by atoms with Crippen LogP contribution in [0, 0.1) is 6.92 Å². The van der Waals surface area contributed by atoms with E-state index in [1.165, 1.54) is 6.20 Å². The summed E-state index contributed by atoms with van der Waals surface area (Å²) in [6.07, 6.45) is 1.50.